The van der Waals surface area contributed by atoms with Crippen LogP contribution in [-0.2, 0) is 0 Å². The third kappa shape index (κ3) is 6.01. The molecule has 0 aromatic rings. The largest absolute Gasteiger partial charge is 0.0625 e. The van der Waals surface area contributed by atoms with Crippen molar-refractivity contribution in [2.75, 3.05) is 0 Å². The van der Waals surface area contributed by atoms with Gasteiger partial charge >= 0.3 is 0 Å². The van der Waals surface area contributed by atoms with Gasteiger partial charge in [0.05, 0.1) is 0 Å². The molecular weight excluding hydrogens is 336 g/mol. The second-order valence-corrected chi connectivity index (χ2v) is 12.3. The molecule has 0 heteroatoms. The second kappa shape index (κ2) is 10.3. The zero-order valence-corrected chi connectivity index (χ0v) is 19.3. The van der Waals surface area contributed by atoms with Crippen LogP contribution in [0.5, 0.6) is 0 Å². The van der Waals surface area contributed by atoms with Crippen molar-refractivity contribution in [3.05, 3.63) is 0 Å². The van der Waals surface area contributed by atoms with Crippen molar-refractivity contribution in [1.29, 1.82) is 0 Å². The van der Waals surface area contributed by atoms with E-state index in [1.165, 1.54) is 25.7 Å². The lowest BCUT2D eigenvalue weighted by Crippen LogP contribution is -2.27. The van der Waals surface area contributed by atoms with Gasteiger partial charge in [0.15, 0.2) is 0 Å². The van der Waals surface area contributed by atoms with Crippen LogP contribution in [0.4, 0.5) is 0 Å². The fourth-order valence-electron chi connectivity index (χ4n) is 7.86. The van der Waals surface area contributed by atoms with Gasteiger partial charge in [0.25, 0.3) is 0 Å². The first-order chi connectivity index (χ1) is 13.7. The highest BCUT2D eigenvalue weighted by atomic mass is 14.4. The van der Waals surface area contributed by atoms with Gasteiger partial charge in [-0.2, -0.15) is 0 Å². The predicted molar refractivity (Wildman–Crippen MR) is 122 cm³/mol. The van der Waals surface area contributed by atoms with Crippen molar-refractivity contribution in [3.8, 4) is 0 Å². The zero-order chi connectivity index (χ0) is 19.3. The molecular formula is C28H50. The van der Waals surface area contributed by atoms with Crippen LogP contribution in [0.2, 0.25) is 0 Å². The maximum absolute atomic E-state index is 2.46. The van der Waals surface area contributed by atoms with Crippen LogP contribution < -0.4 is 0 Å². The van der Waals surface area contributed by atoms with Crippen LogP contribution in [-0.4, -0.2) is 0 Å². The van der Waals surface area contributed by atoms with E-state index in [2.05, 4.69) is 13.8 Å². The molecule has 4 saturated carbocycles. The quantitative estimate of drug-likeness (QED) is 0.442. The third-order valence-corrected chi connectivity index (χ3v) is 10.1. The Bertz CT molecular complexity index is 379. The van der Waals surface area contributed by atoms with E-state index in [4.69, 9.17) is 0 Å². The van der Waals surface area contributed by atoms with Gasteiger partial charge < -0.3 is 0 Å². The second-order valence-electron chi connectivity index (χ2n) is 12.3. The Labute approximate surface area is 177 Å². The molecule has 0 amide bonds. The van der Waals surface area contributed by atoms with Crippen molar-refractivity contribution in [3.63, 3.8) is 0 Å². The molecule has 0 unspecified atom stereocenters. The van der Waals surface area contributed by atoms with E-state index in [0.717, 1.165) is 47.3 Å². The first-order valence-corrected chi connectivity index (χ1v) is 13.7. The summed E-state index contributed by atoms with van der Waals surface area (Å²) in [6.45, 7) is 4.93. The smallest absolute Gasteiger partial charge is 0.0386 e. The summed E-state index contributed by atoms with van der Waals surface area (Å²) >= 11 is 0. The Kier molecular flexibility index (Phi) is 7.85. The Morgan fingerprint density at radius 2 is 0.607 bits per heavy atom. The Balaban J connectivity index is 1.11. The average molecular weight is 387 g/mol. The summed E-state index contributed by atoms with van der Waals surface area (Å²) in [5.41, 5.74) is 0. The van der Waals surface area contributed by atoms with Gasteiger partial charge in [-0.3, -0.25) is 0 Å². The van der Waals surface area contributed by atoms with Crippen molar-refractivity contribution in [1.82, 2.24) is 0 Å². The number of hydrogen-bond acceptors (Lipinski definition) is 0. The molecule has 0 aromatic heterocycles. The fraction of sp³-hybridized carbons (Fsp3) is 1.00. The zero-order valence-electron chi connectivity index (χ0n) is 19.3. The molecule has 4 rings (SSSR count). The van der Waals surface area contributed by atoms with Gasteiger partial charge in [-0.05, 0) is 85.9 Å². The first-order valence-electron chi connectivity index (χ1n) is 13.7. The monoisotopic (exact) mass is 386 g/mol. The average Bonchev–Trinajstić information content (AvgIpc) is 2.73. The van der Waals surface area contributed by atoms with Crippen LogP contribution in [0, 0.1) is 47.3 Å². The molecule has 0 radical (unpaired) electrons. The molecule has 0 saturated heterocycles. The highest BCUT2D eigenvalue weighted by molar-refractivity contribution is 4.84. The normalized spacial score (nSPS) is 45.6. The molecule has 0 heterocycles. The number of hydrogen-bond donors (Lipinski definition) is 0. The molecule has 4 aliphatic carbocycles. The van der Waals surface area contributed by atoms with E-state index in [0.29, 0.717) is 0 Å². The summed E-state index contributed by atoms with van der Waals surface area (Å²) in [5, 5.41) is 0. The predicted octanol–water partition coefficient (Wildman–Crippen LogP) is 9.03. The lowest BCUT2D eigenvalue weighted by molar-refractivity contribution is 0.120. The molecule has 0 aromatic carbocycles. The van der Waals surface area contributed by atoms with E-state index in [9.17, 15) is 0 Å². The highest BCUT2D eigenvalue weighted by Gasteiger charge is 2.33. The fourth-order valence-corrected chi connectivity index (χ4v) is 7.86. The Hall–Kier alpha value is 0. The summed E-state index contributed by atoms with van der Waals surface area (Å²) in [4.78, 5) is 0. The minimum absolute atomic E-state index is 1.02. The van der Waals surface area contributed by atoms with Crippen molar-refractivity contribution < 1.29 is 0 Å². The first kappa shape index (κ1) is 21.2. The lowest BCUT2D eigenvalue weighted by atomic mass is 9.66. The van der Waals surface area contributed by atoms with Gasteiger partial charge in [0.1, 0.15) is 0 Å². The topological polar surface area (TPSA) is 0 Å². The van der Waals surface area contributed by atoms with E-state index >= 15 is 0 Å². The minimum Gasteiger partial charge on any atom is -0.0625 e. The van der Waals surface area contributed by atoms with Crippen LogP contribution in [0.3, 0.4) is 0 Å². The lowest BCUT2D eigenvalue weighted by Gasteiger charge is -2.40. The summed E-state index contributed by atoms with van der Waals surface area (Å²) in [7, 11) is 0. The van der Waals surface area contributed by atoms with Crippen LogP contribution in [0.1, 0.15) is 129 Å². The molecule has 0 atom stereocenters. The van der Waals surface area contributed by atoms with Crippen molar-refractivity contribution in [2.24, 2.45) is 47.3 Å². The van der Waals surface area contributed by atoms with E-state index in [-0.39, 0.29) is 0 Å². The summed E-state index contributed by atoms with van der Waals surface area (Å²) in [6.07, 6.45) is 28.1. The van der Waals surface area contributed by atoms with Gasteiger partial charge in [0.2, 0.25) is 0 Å². The van der Waals surface area contributed by atoms with Gasteiger partial charge in [-0.25, -0.2) is 0 Å². The van der Waals surface area contributed by atoms with Gasteiger partial charge in [0, 0.05) is 0 Å². The third-order valence-electron chi connectivity index (χ3n) is 10.1. The molecule has 0 nitrogen and oxygen atoms in total. The molecule has 0 bridgehead atoms. The molecule has 162 valence electrons. The maximum atomic E-state index is 2.46. The summed E-state index contributed by atoms with van der Waals surface area (Å²) < 4.78 is 0. The molecule has 4 fully saturated rings. The summed E-state index contributed by atoms with van der Waals surface area (Å²) in [6, 6.07) is 0. The molecule has 0 aliphatic heterocycles. The summed E-state index contributed by atoms with van der Waals surface area (Å²) in [5.74, 6) is 8.64. The minimum atomic E-state index is 1.02. The van der Waals surface area contributed by atoms with Crippen LogP contribution >= 0.6 is 0 Å². The molecule has 0 N–H and O–H groups in total. The molecule has 0 spiro atoms. The number of rotatable bonds is 5. The molecule has 4 aliphatic rings. The highest BCUT2D eigenvalue weighted by Crippen LogP contribution is 2.45. The maximum Gasteiger partial charge on any atom is -0.0386 e. The standard InChI is InChI=1S/C28H50/c1-21-3-7-23(8-4-21)19-25-11-15-27(16-12-25)28-17-13-26(14-18-28)20-24-9-5-22(2)6-10-24/h21-28H,3-20H2,1-2H3. The van der Waals surface area contributed by atoms with Gasteiger partial charge in [-0.1, -0.05) is 90.9 Å². The van der Waals surface area contributed by atoms with Gasteiger partial charge in [-0.15, -0.1) is 0 Å². The van der Waals surface area contributed by atoms with E-state index in [1.54, 1.807) is 89.9 Å². The Morgan fingerprint density at radius 1 is 0.357 bits per heavy atom. The van der Waals surface area contributed by atoms with Crippen molar-refractivity contribution in [2.45, 2.75) is 129 Å². The van der Waals surface area contributed by atoms with E-state index in [1.807, 2.05) is 0 Å². The Morgan fingerprint density at radius 3 is 0.893 bits per heavy atom. The SMILES string of the molecule is CC1CCC(CC2CCC(C3CCC(CC4CCC(C)CC4)CC3)CC2)CC1. The molecule has 28 heavy (non-hydrogen) atoms. The van der Waals surface area contributed by atoms with E-state index < -0.39 is 0 Å². The van der Waals surface area contributed by atoms with Crippen LogP contribution in [0.25, 0.3) is 0 Å². The van der Waals surface area contributed by atoms with Crippen LogP contribution in [0.15, 0.2) is 0 Å². The van der Waals surface area contributed by atoms with Crippen molar-refractivity contribution >= 4 is 0 Å².